The van der Waals surface area contributed by atoms with Gasteiger partial charge in [0.15, 0.2) is 5.82 Å². The topological polar surface area (TPSA) is 74.8 Å². The lowest BCUT2D eigenvalue weighted by Gasteiger charge is -2.22. The molecule has 2 aromatic heterocycles. The molecular weight excluding hydrogens is 414 g/mol. The Morgan fingerprint density at radius 3 is 2.67 bits per heavy atom. The van der Waals surface area contributed by atoms with Gasteiger partial charge in [0.25, 0.3) is 0 Å². The first-order chi connectivity index (χ1) is 14.5. The molecule has 4 rings (SSSR count). The van der Waals surface area contributed by atoms with Crippen LogP contribution in [0.25, 0.3) is 21.6 Å². The van der Waals surface area contributed by atoms with E-state index in [9.17, 15) is 4.79 Å². The Bertz CT molecular complexity index is 1120. The molecule has 154 valence electrons. The molecule has 0 bridgehead atoms. The first kappa shape index (κ1) is 20.6. The van der Waals surface area contributed by atoms with Crippen LogP contribution in [0.4, 0.5) is 0 Å². The molecule has 0 spiro atoms. The van der Waals surface area contributed by atoms with Crippen molar-refractivity contribution in [3.05, 3.63) is 59.1 Å². The van der Waals surface area contributed by atoms with Crippen molar-refractivity contribution in [1.82, 2.24) is 25.1 Å². The Morgan fingerprint density at radius 1 is 1.17 bits per heavy atom. The number of aryl methyl sites for hydroxylation is 1. The molecule has 30 heavy (non-hydrogen) atoms. The molecule has 0 saturated heterocycles. The quantitative estimate of drug-likeness (QED) is 0.414. The lowest BCUT2D eigenvalue weighted by atomic mass is 10.1. The molecule has 1 amide bonds. The van der Waals surface area contributed by atoms with E-state index >= 15 is 0 Å². The summed E-state index contributed by atoms with van der Waals surface area (Å²) in [5, 5.41) is 8.71. The summed E-state index contributed by atoms with van der Waals surface area (Å²) >= 11 is 2.96. The summed E-state index contributed by atoms with van der Waals surface area (Å²) in [5.74, 6) is 1.01. The maximum absolute atomic E-state index is 12.7. The Hall–Kier alpha value is -2.71. The number of benzene rings is 2. The number of hydrogen-bond acceptors (Lipinski definition) is 6. The highest BCUT2D eigenvalue weighted by Gasteiger charge is 2.21. The van der Waals surface area contributed by atoms with Crippen molar-refractivity contribution in [2.45, 2.75) is 31.5 Å². The maximum Gasteiger partial charge on any atom is 0.233 e. The molecule has 1 unspecified atom stereocenters. The first-order valence-corrected chi connectivity index (χ1v) is 11.6. The minimum absolute atomic E-state index is 0.0189. The Balaban J connectivity index is 1.37. The second-order valence-corrected chi connectivity index (χ2v) is 9.01. The number of amides is 1. The fourth-order valence-electron chi connectivity index (χ4n) is 3.02. The third-order valence-electron chi connectivity index (χ3n) is 5.07. The summed E-state index contributed by atoms with van der Waals surface area (Å²) < 4.78 is 1.13. The van der Waals surface area contributed by atoms with Crippen LogP contribution in [-0.2, 0) is 11.2 Å². The van der Waals surface area contributed by atoms with Crippen molar-refractivity contribution < 1.29 is 4.79 Å². The van der Waals surface area contributed by atoms with Gasteiger partial charge in [0.2, 0.25) is 11.1 Å². The van der Waals surface area contributed by atoms with Crippen molar-refractivity contribution >= 4 is 39.2 Å². The summed E-state index contributed by atoms with van der Waals surface area (Å²) in [6, 6.07) is 16.2. The Labute approximate surface area is 183 Å². The summed E-state index contributed by atoms with van der Waals surface area (Å²) in [6.07, 6.45) is 1.00. The molecule has 4 aromatic rings. The number of hydrogen-bond donors (Lipinski definition) is 1. The van der Waals surface area contributed by atoms with Crippen LogP contribution in [0.2, 0.25) is 0 Å². The molecule has 6 nitrogen and oxygen atoms in total. The van der Waals surface area contributed by atoms with Gasteiger partial charge in [-0.3, -0.25) is 9.89 Å². The highest BCUT2D eigenvalue weighted by molar-refractivity contribution is 7.99. The van der Waals surface area contributed by atoms with E-state index in [-0.39, 0.29) is 17.7 Å². The van der Waals surface area contributed by atoms with Gasteiger partial charge in [-0.25, -0.2) is 9.97 Å². The number of H-pyrrole nitrogens is 1. The van der Waals surface area contributed by atoms with E-state index in [0.29, 0.717) is 11.0 Å². The molecule has 0 fully saturated rings. The smallest absolute Gasteiger partial charge is 0.233 e. The molecule has 0 aliphatic carbocycles. The zero-order chi connectivity index (χ0) is 21.1. The van der Waals surface area contributed by atoms with E-state index in [1.165, 1.54) is 17.3 Å². The number of carbonyl (C=O) groups excluding carboxylic acids is 1. The zero-order valence-corrected chi connectivity index (χ0v) is 18.8. The predicted octanol–water partition coefficient (Wildman–Crippen LogP) is 4.96. The van der Waals surface area contributed by atoms with E-state index in [2.05, 4.69) is 45.3 Å². The number of thioether (sulfide) groups is 1. The average molecular weight is 438 g/mol. The second kappa shape index (κ2) is 8.97. The third-order valence-corrected chi connectivity index (χ3v) is 7.11. The largest absolute Gasteiger partial charge is 0.336 e. The molecule has 1 atom stereocenters. The lowest BCUT2D eigenvalue weighted by Crippen LogP contribution is -2.31. The van der Waals surface area contributed by atoms with Gasteiger partial charge in [-0.2, -0.15) is 0 Å². The van der Waals surface area contributed by atoms with Crippen LogP contribution in [0.1, 0.15) is 30.5 Å². The summed E-state index contributed by atoms with van der Waals surface area (Å²) in [4.78, 5) is 23.6. The fourth-order valence-corrected chi connectivity index (χ4v) is 4.80. The number of rotatable bonds is 7. The summed E-state index contributed by atoms with van der Waals surface area (Å²) in [7, 11) is 1.82. The molecular formula is C22H23N5OS2. The van der Waals surface area contributed by atoms with Crippen LogP contribution in [0.3, 0.4) is 0 Å². The van der Waals surface area contributed by atoms with Gasteiger partial charge in [0, 0.05) is 12.6 Å². The van der Waals surface area contributed by atoms with Gasteiger partial charge in [-0.05, 0) is 31.0 Å². The normalized spacial score (nSPS) is 12.2. The molecule has 2 aromatic carbocycles. The van der Waals surface area contributed by atoms with Crippen molar-refractivity contribution in [3.63, 3.8) is 0 Å². The second-order valence-electron chi connectivity index (χ2n) is 7.01. The minimum atomic E-state index is -0.0877. The molecule has 1 N–H and O–H groups in total. The zero-order valence-electron chi connectivity index (χ0n) is 17.1. The highest BCUT2D eigenvalue weighted by Crippen LogP contribution is 2.29. The van der Waals surface area contributed by atoms with Crippen LogP contribution >= 0.6 is 23.1 Å². The van der Waals surface area contributed by atoms with Crippen LogP contribution in [0.5, 0.6) is 0 Å². The number of nitrogens with one attached hydrogen (secondary N) is 1. The van der Waals surface area contributed by atoms with Crippen LogP contribution in [0, 0.1) is 0 Å². The number of carbonyl (C=O) groups is 1. The Kier molecular flexibility index (Phi) is 6.15. The lowest BCUT2D eigenvalue weighted by molar-refractivity contribution is -0.128. The van der Waals surface area contributed by atoms with E-state index in [1.807, 2.05) is 44.3 Å². The SMILES string of the molecule is CCc1ccc(-c2nc(SCC(=O)N(C)C(C)c3nc4ccccc4s3)n[nH]2)cc1. The molecule has 8 heteroatoms. The van der Waals surface area contributed by atoms with Gasteiger partial charge in [-0.15, -0.1) is 16.4 Å². The number of thiazole rings is 1. The van der Waals surface area contributed by atoms with Crippen molar-refractivity contribution in [1.29, 1.82) is 0 Å². The average Bonchev–Trinajstić information content (AvgIpc) is 3.43. The van der Waals surface area contributed by atoms with Gasteiger partial charge in [-0.1, -0.05) is 55.1 Å². The Morgan fingerprint density at radius 2 is 1.93 bits per heavy atom. The van der Waals surface area contributed by atoms with Gasteiger partial charge in [0.1, 0.15) is 5.01 Å². The highest BCUT2D eigenvalue weighted by atomic mass is 32.2. The van der Waals surface area contributed by atoms with Crippen LogP contribution in [0.15, 0.2) is 53.7 Å². The van der Waals surface area contributed by atoms with E-state index in [4.69, 9.17) is 0 Å². The maximum atomic E-state index is 12.7. The molecule has 0 aliphatic rings. The summed E-state index contributed by atoms with van der Waals surface area (Å²) in [6.45, 7) is 4.13. The molecule has 0 radical (unpaired) electrons. The van der Waals surface area contributed by atoms with E-state index < -0.39 is 0 Å². The molecule has 0 aliphatic heterocycles. The third kappa shape index (κ3) is 4.39. The fraction of sp³-hybridized carbons (Fsp3) is 0.273. The minimum Gasteiger partial charge on any atom is -0.336 e. The number of aromatic nitrogens is 4. The van der Waals surface area contributed by atoms with Gasteiger partial charge >= 0.3 is 0 Å². The molecule has 0 saturated carbocycles. The number of nitrogens with zero attached hydrogens (tertiary/aromatic N) is 4. The monoisotopic (exact) mass is 437 g/mol. The van der Waals surface area contributed by atoms with Crippen molar-refractivity contribution in [2.24, 2.45) is 0 Å². The van der Waals surface area contributed by atoms with Crippen LogP contribution in [-0.4, -0.2) is 43.8 Å². The van der Waals surface area contributed by atoms with Crippen LogP contribution < -0.4 is 0 Å². The standard InChI is InChI=1S/C22H23N5OS2/c1-4-15-9-11-16(12-10-15)20-24-22(26-25-20)29-13-19(28)27(3)14(2)21-23-17-7-5-6-8-18(17)30-21/h5-12,14H,4,13H2,1-3H3,(H,24,25,26). The van der Waals surface area contributed by atoms with Crippen molar-refractivity contribution in [2.75, 3.05) is 12.8 Å². The van der Waals surface area contributed by atoms with E-state index in [1.54, 1.807) is 16.2 Å². The predicted molar refractivity (Wildman–Crippen MR) is 123 cm³/mol. The number of aromatic amines is 1. The first-order valence-electron chi connectivity index (χ1n) is 9.80. The van der Waals surface area contributed by atoms with Gasteiger partial charge in [0.05, 0.1) is 22.0 Å². The van der Waals surface area contributed by atoms with E-state index in [0.717, 1.165) is 27.2 Å². The van der Waals surface area contributed by atoms with Crippen molar-refractivity contribution in [3.8, 4) is 11.4 Å². The van der Waals surface area contributed by atoms with Gasteiger partial charge < -0.3 is 4.90 Å². The number of para-hydroxylation sites is 1. The molecule has 2 heterocycles. The number of fused-ring (bicyclic) bond motifs is 1. The summed E-state index contributed by atoms with van der Waals surface area (Å²) in [5.41, 5.74) is 3.24.